The number of carbonyl (C=O) groups is 1. The molecule has 142 valence electrons. The monoisotopic (exact) mass is 382 g/mol. The van der Waals surface area contributed by atoms with Gasteiger partial charge < -0.3 is 4.90 Å². The van der Waals surface area contributed by atoms with Crippen molar-refractivity contribution in [3.05, 3.63) is 38.9 Å². The molecule has 3 aliphatic rings. The van der Waals surface area contributed by atoms with E-state index in [0.29, 0.717) is 11.8 Å². The Hall–Kier alpha value is -1.82. The van der Waals surface area contributed by atoms with Crippen molar-refractivity contribution >= 4 is 17.2 Å². The van der Waals surface area contributed by atoms with E-state index in [1.165, 1.54) is 34.8 Å². The molecule has 2 fully saturated rings. The summed E-state index contributed by atoms with van der Waals surface area (Å²) < 4.78 is 0. The number of aromatic nitrogens is 3. The van der Waals surface area contributed by atoms with Gasteiger partial charge in [0, 0.05) is 36.0 Å². The first-order chi connectivity index (χ1) is 13.2. The first kappa shape index (κ1) is 17.3. The fourth-order valence-corrected chi connectivity index (χ4v) is 5.68. The molecule has 3 heterocycles. The summed E-state index contributed by atoms with van der Waals surface area (Å²) in [4.78, 5) is 30.7. The van der Waals surface area contributed by atoms with Crippen LogP contribution in [0.2, 0.25) is 0 Å². The van der Waals surface area contributed by atoms with E-state index in [1.54, 1.807) is 6.20 Å². The van der Waals surface area contributed by atoms with Crippen LogP contribution in [0.4, 0.5) is 0 Å². The highest BCUT2D eigenvalue weighted by Crippen LogP contribution is 2.41. The highest BCUT2D eigenvalue weighted by molar-refractivity contribution is 7.11. The quantitative estimate of drug-likeness (QED) is 0.804. The lowest BCUT2D eigenvalue weighted by Gasteiger charge is -2.32. The van der Waals surface area contributed by atoms with Gasteiger partial charge in [0.05, 0.1) is 22.0 Å². The van der Waals surface area contributed by atoms with Crippen LogP contribution in [0.25, 0.3) is 0 Å². The van der Waals surface area contributed by atoms with Crippen LogP contribution < -0.4 is 0 Å². The number of piperidine rings is 1. The number of hydrogen-bond acceptors (Lipinski definition) is 5. The van der Waals surface area contributed by atoms with Gasteiger partial charge in [0.15, 0.2) is 0 Å². The molecular weight excluding hydrogens is 356 g/mol. The van der Waals surface area contributed by atoms with Gasteiger partial charge in [0.2, 0.25) is 0 Å². The maximum atomic E-state index is 13.3. The Morgan fingerprint density at radius 3 is 2.78 bits per heavy atom. The van der Waals surface area contributed by atoms with E-state index in [-0.39, 0.29) is 5.91 Å². The van der Waals surface area contributed by atoms with E-state index >= 15 is 0 Å². The largest absolute Gasteiger partial charge is 0.338 e. The number of thiazole rings is 1. The normalized spacial score (nSPS) is 22.6. The average molecular weight is 383 g/mol. The van der Waals surface area contributed by atoms with Crippen molar-refractivity contribution < 1.29 is 4.79 Å². The van der Waals surface area contributed by atoms with E-state index in [0.717, 1.165) is 62.3 Å². The topological polar surface area (TPSA) is 59.0 Å². The minimum atomic E-state index is 0.114. The van der Waals surface area contributed by atoms with Gasteiger partial charge >= 0.3 is 0 Å². The van der Waals surface area contributed by atoms with E-state index < -0.39 is 0 Å². The lowest BCUT2D eigenvalue weighted by Crippen LogP contribution is -2.39. The minimum Gasteiger partial charge on any atom is -0.338 e. The van der Waals surface area contributed by atoms with E-state index in [2.05, 4.69) is 9.97 Å². The zero-order valence-corrected chi connectivity index (χ0v) is 16.7. The molecule has 1 saturated carbocycles. The molecule has 5 nitrogen and oxygen atoms in total. The molecule has 2 aliphatic carbocycles. The van der Waals surface area contributed by atoms with E-state index in [9.17, 15) is 4.79 Å². The van der Waals surface area contributed by atoms with Crippen LogP contribution in [0.3, 0.4) is 0 Å². The van der Waals surface area contributed by atoms with Crippen molar-refractivity contribution in [3.63, 3.8) is 0 Å². The Bertz CT molecular complexity index is 850. The molecule has 6 heteroatoms. The molecule has 1 amide bonds. The summed E-state index contributed by atoms with van der Waals surface area (Å²) in [5.74, 6) is 1.72. The molecule has 2 aromatic heterocycles. The van der Waals surface area contributed by atoms with Crippen molar-refractivity contribution in [3.8, 4) is 0 Å². The second kappa shape index (κ2) is 6.97. The summed E-state index contributed by atoms with van der Waals surface area (Å²) in [6.45, 7) is 3.52. The number of nitrogens with zero attached hydrogens (tertiary/aromatic N) is 4. The molecule has 5 rings (SSSR count). The highest BCUT2D eigenvalue weighted by atomic mass is 32.1. The maximum absolute atomic E-state index is 13.3. The highest BCUT2D eigenvalue weighted by Gasteiger charge is 2.34. The van der Waals surface area contributed by atoms with Crippen LogP contribution in [0.1, 0.15) is 87.8 Å². The first-order valence-electron chi connectivity index (χ1n) is 10.3. The Kier molecular flexibility index (Phi) is 4.46. The third-order valence-electron chi connectivity index (χ3n) is 6.05. The average Bonchev–Trinajstić information content (AvgIpc) is 3.45. The third kappa shape index (κ3) is 3.40. The smallest absolute Gasteiger partial charge is 0.257 e. The van der Waals surface area contributed by atoms with Gasteiger partial charge in [-0.05, 0) is 58.3 Å². The predicted molar refractivity (Wildman–Crippen MR) is 105 cm³/mol. The zero-order valence-electron chi connectivity index (χ0n) is 15.9. The van der Waals surface area contributed by atoms with Crippen LogP contribution in [-0.4, -0.2) is 38.8 Å². The van der Waals surface area contributed by atoms with Gasteiger partial charge in [0.25, 0.3) is 5.91 Å². The van der Waals surface area contributed by atoms with Crippen molar-refractivity contribution in [1.29, 1.82) is 0 Å². The molecule has 0 N–H and O–H groups in total. The molecule has 2 aromatic rings. The lowest BCUT2D eigenvalue weighted by atomic mass is 9.97. The standard InChI is InChI=1S/C21H26N4OS/c1-13-22-11-16(19(23-13)14-8-9-14)21(26)25-10-4-5-15(12-25)20-24-17-6-2-3-7-18(17)27-20/h11,14-15H,2-10,12H2,1H3. The molecule has 1 atom stereocenters. The van der Waals surface area contributed by atoms with Crippen molar-refractivity contribution in [2.24, 2.45) is 0 Å². The van der Waals surface area contributed by atoms with Gasteiger partial charge in [0.1, 0.15) is 5.82 Å². The van der Waals surface area contributed by atoms with Crippen molar-refractivity contribution in [1.82, 2.24) is 19.9 Å². The number of carbonyl (C=O) groups excluding carboxylic acids is 1. The molecule has 0 spiro atoms. The van der Waals surface area contributed by atoms with Gasteiger partial charge in [-0.2, -0.15) is 0 Å². The minimum absolute atomic E-state index is 0.114. The molecule has 1 saturated heterocycles. The fraction of sp³-hybridized carbons (Fsp3) is 0.619. The molecule has 0 radical (unpaired) electrons. The summed E-state index contributed by atoms with van der Waals surface area (Å²) >= 11 is 1.90. The van der Waals surface area contributed by atoms with Crippen LogP contribution >= 0.6 is 11.3 Å². The molecule has 1 unspecified atom stereocenters. The van der Waals surface area contributed by atoms with Crippen molar-refractivity contribution in [2.45, 2.75) is 70.1 Å². The van der Waals surface area contributed by atoms with Crippen LogP contribution in [0.5, 0.6) is 0 Å². The molecule has 0 bridgehead atoms. The molecule has 0 aromatic carbocycles. The molecule has 27 heavy (non-hydrogen) atoms. The number of aryl methyl sites for hydroxylation is 3. The predicted octanol–water partition coefficient (Wildman–Crippen LogP) is 4.02. The maximum Gasteiger partial charge on any atom is 0.257 e. The Morgan fingerprint density at radius 2 is 1.96 bits per heavy atom. The summed E-state index contributed by atoms with van der Waals surface area (Å²) in [5, 5.41) is 1.25. The summed E-state index contributed by atoms with van der Waals surface area (Å²) in [6.07, 6.45) is 11.1. The fourth-order valence-electron chi connectivity index (χ4n) is 4.40. The Labute approximate surface area is 164 Å². The van der Waals surface area contributed by atoms with Gasteiger partial charge in [-0.1, -0.05) is 0 Å². The van der Waals surface area contributed by atoms with Crippen LogP contribution in [0.15, 0.2) is 6.20 Å². The second-order valence-electron chi connectivity index (χ2n) is 8.21. The second-order valence-corrected chi connectivity index (χ2v) is 9.33. The molecule has 1 aliphatic heterocycles. The summed E-state index contributed by atoms with van der Waals surface area (Å²) in [5.41, 5.74) is 3.02. The van der Waals surface area contributed by atoms with E-state index in [4.69, 9.17) is 4.98 Å². The lowest BCUT2D eigenvalue weighted by molar-refractivity contribution is 0.0704. The van der Waals surface area contributed by atoms with Crippen LogP contribution in [-0.2, 0) is 12.8 Å². The number of hydrogen-bond donors (Lipinski definition) is 0. The SMILES string of the molecule is Cc1ncc(C(=O)N2CCCC(c3nc4c(s3)CCCC4)C2)c(C2CC2)n1. The zero-order chi connectivity index (χ0) is 18.4. The number of likely N-dealkylation sites (tertiary alicyclic amines) is 1. The van der Waals surface area contributed by atoms with Crippen molar-refractivity contribution in [2.75, 3.05) is 13.1 Å². The molecular formula is C21H26N4OS. The van der Waals surface area contributed by atoms with E-state index in [1.807, 2.05) is 23.2 Å². The third-order valence-corrected chi connectivity index (χ3v) is 7.37. The van der Waals surface area contributed by atoms with Gasteiger partial charge in [-0.25, -0.2) is 15.0 Å². The number of rotatable bonds is 3. The first-order valence-corrected chi connectivity index (χ1v) is 11.1. The number of fused-ring (bicyclic) bond motifs is 1. The number of amides is 1. The van der Waals surface area contributed by atoms with Gasteiger partial charge in [-0.3, -0.25) is 4.79 Å². The summed E-state index contributed by atoms with van der Waals surface area (Å²) in [6, 6.07) is 0. The van der Waals surface area contributed by atoms with Crippen LogP contribution in [0, 0.1) is 6.92 Å². The summed E-state index contributed by atoms with van der Waals surface area (Å²) in [7, 11) is 0. The van der Waals surface area contributed by atoms with Gasteiger partial charge in [-0.15, -0.1) is 11.3 Å². The Morgan fingerprint density at radius 1 is 1.11 bits per heavy atom. The Balaban J connectivity index is 1.37.